The van der Waals surface area contributed by atoms with E-state index >= 15 is 0 Å². The number of aromatic nitrogens is 2. The standard InChI is InChI=1S/C26H28N2OSi.C15H15B/c1-2-3-20-29-24-14-16-25(17-15-24)30-26(28-19-18-27-21-28,22-10-6-4-7-11-22)23-12-8-5-9-13-23;1-3-7-13(8-4-1)16(15-11-12-15)14-9-5-2-6-10-14/h4-19,21H,2-3,20,30H2,1H3;1-10,15H,11-12H2. The van der Waals surface area contributed by atoms with Gasteiger partial charge in [-0.2, -0.15) is 0 Å². The normalized spacial score (nSPS) is 12.8. The summed E-state index contributed by atoms with van der Waals surface area (Å²) in [6, 6.07) is 52.2. The number of imidazole rings is 1. The van der Waals surface area contributed by atoms with Crippen molar-refractivity contribution in [3.63, 3.8) is 0 Å². The van der Waals surface area contributed by atoms with Gasteiger partial charge in [0.2, 0.25) is 6.71 Å². The SMILES string of the molecule is CCCCOc1ccc([SiH2]C(c2ccccc2)(c2ccccc2)n2ccnc2)cc1.c1ccc(B(c2ccccc2)C2CC2)cc1. The van der Waals surface area contributed by atoms with Crippen LogP contribution < -0.4 is 20.8 Å². The van der Waals surface area contributed by atoms with Gasteiger partial charge in [-0.3, -0.25) is 0 Å². The van der Waals surface area contributed by atoms with Gasteiger partial charge in [0, 0.05) is 12.4 Å². The van der Waals surface area contributed by atoms with Crippen molar-refractivity contribution in [1.82, 2.24) is 9.55 Å². The zero-order valence-electron chi connectivity index (χ0n) is 26.8. The molecule has 5 heteroatoms. The molecule has 0 bridgehead atoms. The highest BCUT2D eigenvalue weighted by atomic mass is 28.2. The third kappa shape index (κ3) is 7.60. The summed E-state index contributed by atoms with van der Waals surface area (Å²) < 4.78 is 8.16. The number of benzene rings is 5. The molecule has 1 fully saturated rings. The lowest BCUT2D eigenvalue weighted by Gasteiger charge is -2.37. The Bertz CT molecular complexity index is 1630. The molecule has 3 nitrogen and oxygen atoms in total. The maximum atomic E-state index is 5.87. The van der Waals surface area contributed by atoms with E-state index in [0.717, 1.165) is 31.0 Å². The van der Waals surface area contributed by atoms with Crippen molar-refractivity contribution in [2.24, 2.45) is 0 Å². The van der Waals surface area contributed by atoms with E-state index in [9.17, 15) is 0 Å². The highest BCUT2D eigenvalue weighted by Crippen LogP contribution is 2.38. The molecule has 0 amide bonds. The van der Waals surface area contributed by atoms with Crippen LogP contribution in [0.3, 0.4) is 0 Å². The third-order valence-corrected chi connectivity index (χ3v) is 11.6. The lowest BCUT2D eigenvalue weighted by molar-refractivity contribution is 0.309. The number of nitrogens with zero attached hydrogens (tertiary/aromatic N) is 2. The number of hydrogen-bond donors (Lipinski definition) is 0. The Kier molecular flexibility index (Phi) is 10.6. The molecule has 0 atom stereocenters. The first-order valence-electron chi connectivity index (χ1n) is 16.7. The van der Waals surface area contributed by atoms with Crippen LogP contribution in [0.1, 0.15) is 43.7 Å². The van der Waals surface area contributed by atoms with E-state index in [0.29, 0.717) is 6.71 Å². The molecule has 0 radical (unpaired) electrons. The summed E-state index contributed by atoms with van der Waals surface area (Å²) >= 11 is 0. The van der Waals surface area contributed by atoms with Crippen LogP contribution in [0, 0.1) is 0 Å². The van der Waals surface area contributed by atoms with Gasteiger partial charge in [0.1, 0.15) is 5.75 Å². The maximum Gasteiger partial charge on any atom is 0.212 e. The van der Waals surface area contributed by atoms with E-state index in [4.69, 9.17) is 4.74 Å². The molecule has 1 aliphatic carbocycles. The van der Waals surface area contributed by atoms with E-state index in [2.05, 4.69) is 168 Å². The smallest absolute Gasteiger partial charge is 0.212 e. The first-order valence-corrected chi connectivity index (χ1v) is 18.1. The zero-order valence-corrected chi connectivity index (χ0v) is 28.2. The number of rotatable bonds is 12. The van der Waals surface area contributed by atoms with Gasteiger partial charge in [0.05, 0.1) is 27.6 Å². The molecule has 7 rings (SSSR count). The minimum atomic E-state index is -0.842. The molecule has 5 aromatic carbocycles. The highest BCUT2D eigenvalue weighted by Gasteiger charge is 2.37. The summed E-state index contributed by atoms with van der Waals surface area (Å²) in [4.78, 5) is 4.40. The Morgan fingerprint density at radius 2 is 1.24 bits per heavy atom. The van der Waals surface area contributed by atoms with Gasteiger partial charge >= 0.3 is 0 Å². The van der Waals surface area contributed by atoms with Crippen LogP contribution in [0.25, 0.3) is 0 Å². The van der Waals surface area contributed by atoms with Crippen molar-refractivity contribution in [3.05, 3.63) is 175 Å². The largest absolute Gasteiger partial charge is 0.494 e. The summed E-state index contributed by atoms with van der Waals surface area (Å²) in [6.07, 6.45) is 10.9. The molecule has 1 saturated carbocycles. The van der Waals surface area contributed by atoms with Crippen molar-refractivity contribution in [2.75, 3.05) is 6.61 Å². The number of hydrogen-bond acceptors (Lipinski definition) is 2. The fourth-order valence-corrected chi connectivity index (χ4v) is 8.80. The van der Waals surface area contributed by atoms with Crippen molar-refractivity contribution in [3.8, 4) is 5.75 Å². The van der Waals surface area contributed by atoms with E-state index in [1.807, 2.05) is 12.5 Å². The summed E-state index contributed by atoms with van der Waals surface area (Å²) in [7, 11) is -0.842. The van der Waals surface area contributed by atoms with Crippen molar-refractivity contribution >= 4 is 32.3 Å². The fourth-order valence-electron chi connectivity index (χ4n) is 6.49. The lowest BCUT2D eigenvalue weighted by Crippen LogP contribution is -2.46. The van der Waals surface area contributed by atoms with Gasteiger partial charge in [-0.05, 0) is 29.7 Å². The first-order chi connectivity index (χ1) is 22.8. The molecule has 1 aromatic heterocycles. The minimum absolute atomic E-state index is 0.246. The summed E-state index contributed by atoms with van der Waals surface area (Å²) in [5.41, 5.74) is 5.53. The second-order valence-electron chi connectivity index (χ2n) is 12.2. The topological polar surface area (TPSA) is 27.1 Å². The molecule has 0 saturated heterocycles. The van der Waals surface area contributed by atoms with E-state index in [1.54, 1.807) is 0 Å². The fraction of sp³-hybridized carbons (Fsp3) is 0.195. The van der Waals surface area contributed by atoms with Crippen LogP contribution in [0.4, 0.5) is 0 Å². The van der Waals surface area contributed by atoms with Gasteiger partial charge in [-0.1, -0.05) is 182 Å². The monoisotopic (exact) mass is 618 g/mol. The summed E-state index contributed by atoms with van der Waals surface area (Å²) in [5, 5.41) is 1.14. The molecule has 6 aromatic rings. The third-order valence-electron chi connectivity index (χ3n) is 9.01. The molecule has 0 unspecified atom stereocenters. The molecule has 0 N–H and O–H groups in total. The van der Waals surface area contributed by atoms with Gasteiger partial charge in [0.25, 0.3) is 0 Å². The summed E-state index contributed by atoms with van der Waals surface area (Å²) in [5.74, 6) is 1.82. The summed E-state index contributed by atoms with van der Waals surface area (Å²) in [6.45, 7) is 3.57. The quantitative estimate of drug-likeness (QED) is 0.112. The molecular weight excluding hydrogens is 575 g/mol. The van der Waals surface area contributed by atoms with Crippen LogP contribution in [0.2, 0.25) is 5.82 Å². The highest BCUT2D eigenvalue weighted by molar-refractivity contribution is 6.86. The molecular formula is C41H43BN2OSi. The molecule has 0 spiro atoms. The predicted molar refractivity (Wildman–Crippen MR) is 197 cm³/mol. The average Bonchev–Trinajstić information content (AvgIpc) is 3.80. The molecule has 1 aliphatic rings. The lowest BCUT2D eigenvalue weighted by atomic mass is 9.37. The minimum Gasteiger partial charge on any atom is -0.494 e. The molecule has 46 heavy (non-hydrogen) atoms. The molecule has 1 heterocycles. The molecule has 230 valence electrons. The Morgan fingerprint density at radius 1 is 0.717 bits per heavy atom. The van der Waals surface area contributed by atoms with Gasteiger partial charge in [-0.15, -0.1) is 0 Å². The van der Waals surface area contributed by atoms with Crippen LogP contribution >= 0.6 is 0 Å². The van der Waals surface area contributed by atoms with Crippen LogP contribution in [-0.2, 0) is 5.16 Å². The zero-order chi connectivity index (χ0) is 31.4. The van der Waals surface area contributed by atoms with Crippen molar-refractivity contribution in [1.29, 1.82) is 0 Å². The van der Waals surface area contributed by atoms with Gasteiger partial charge < -0.3 is 9.30 Å². The van der Waals surface area contributed by atoms with E-state index in [-0.39, 0.29) is 5.16 Å². The predicted octanol–water partition coefficient (Wildman–Crippen LogP) is 6.77. The second-order valence-corrected chi connectivity index (χ2v) is 14.4. The van der Waals surface area contributed by atoms with Gasteiger partial charge in [0.15, 0.2) is 0 Å². The maximum absolute atomic E-state index is 5.87. The Hall–Kier alpha value is -4.61. The van der Waals surface area contributed by atoms with Crippen LogP contribution in [0.15, 0.2) is 164 Å². The van der Waals surface area contributed by atoms with Crippen LogP contribution in [0.5, 0.6) is 5.75 Å². The van der Waals surface area contributed by atoms with E-state index < -0.39 is 9.52 Å². The van der Waals surface area contributed by atoms with E-state index in [1.165, 1.54) is 40.1 Å². The molecule has 0 aliphatic heterocycles. The number of unbranched alkanes of at least 4 members (excludes halogenated alkanes) is 1. The average molecular weight is 619 g/mol. The van der Waals surface area contributed by atoms with Crippen molar-refractivity contribution < 1.29 is 4.74 Å². The van der Waals surface area contributed by atoms with Gasteiger partial charge in [-0.25, -0.2) is 4.98 Å². The Morgan fingerprint density at radius 3 is 1.70 bits per heavy atom. The Labute approximate surface area is 277 Å². The Balaban J connectivity index is 0.000000194. The number of ether oxygens (including phenoxy) is 1. The first kappa shape index (κ1) is 31.4. The van der Waals surface area contributed by atoms with Crippen LogP contribution in [-0.4, -0.2) is 32.4 Å². The van der Waals surface area contributed by atoms with Crippen molar-refractivity contribution in [2.45, 2.75) is 43.6 Å². The second kappa shape index (κ2) is 15.6.